The lowest BCUT2D eigenvalue weighted by atomic mass is 10.1. The molecular weight excluding hydrogens is 322 g/mol. The minimum Gasteiger partial charge on any atom is -0.355 e. The summed E-state index contributed by atoms with van der Waals surface area (Å²) >= 11 is 3.52. The Kier molecular flexibility index (Phi) is 8.12. The van der Waals surface area contributed by atoms with E-state index in [4.69, 9.17) is 0 Å². The average molecular weight is 346 g/mol. The number of nitrogens with one attached hydrogen (secondary N) is 1. The summed E-state index contributed by atoms with van der Waals surface area (Å²) in [7, 11) is 0. The predicted octanol–water partition coefficient (Wildman–Crippen LogP) is 4.28. The topological polar surface area (TPSA) is 29.1 Å². The number of hydrogen-bond acceptors (Lipinski definition) is 3. The van der Waals surface area contributed by atoms with Crippen molar-refractivity contribution in [3.05, 3.63) is 71.3 Å². The van der Waals surface area contributed by atoms with Gasteiger partial charge in [-0.3, -0.25) is 4.79 Å². The molecule has 1 amide bonds. The first-order valence-corrected chi connectivity index (χ1v) is 10.1. The molecule has 0 aliphatic heterocycles. The molecule has 4 heteroatoms. The predicted molar refractivity (Wildman–Crippen MR) is 103 cm³/mol. The Morgan fingerprint density at radius 2 is 1.70 bits per heavy atom. The normalized spacial score (nSPS) is 10.5. The number of aryl methyl sites for hydroxylation is 1. The van der Waals surface area contributed by atoms with Crippen LogP contribution in [0.2, 0.25) is 0 Å². The van der Waals surface area contributed by atoms with Gasteiger partial charge in [-0.2, -0.15) is 11.8 Å². The van der Waals surface area contributed by atoms with Crippen LogP contribution in [0.4, 0.5) is 0 Å². The zero-order chi connectivity index (χ0) is 16.3. The molecule has 2 aromatic rings. The van der Waals surface area contributed by atoms with Gasteiger partial charge in [0.2, 0.25) is 5.91 Å². The standard InChI is InChI=1S/C19H23NOS2/c1-16-7-5-6-10-18(16)14-22-12-11-20-19(21)15-23-13-17-8-3-2-4-9-17/h2-10H,11-15H2,1H3,(H,20,21). The second kappa shape index (κ2) is 10.4. The van der Waals surface area contributed by atoms with Crippen molar-refractivity contribution >= 4 is 29.4 Å². The highest BCUT2D eigenvalue weighted by Gasteiger charge is 2.02. The van der Waals surface area contributed by atoms with Gasteiger partial charge in [-0.25, -0.2) is 0 Å². The van der Waals surface area contributed by atoms with Gasteiger partial charge < -0.3 is 5.32 Å². The molecule has 0 atom stereocenters. The molecule has 2 rings (SSSR count). The molecule has 0 saturated heterocycles. The van der Waals surface area contributed by atoms with Crippen molar-refractivity contribution in [1.29, 1.82) is 0 Å². The Labute approximate surface area is 147 Å². The summed E-state index contributed by atoms with van der Waals surface area (Å²) in [5.74, 6) is 3.49. The molecule has 0 aliphatic rings. The summed E-state index contributed by atoms with van der Waals surface area (Å²) in [6.45, 7) is 2.88. The molecule has 122 valence electrons. The highest BCUT2D eigenvalue weighted by atomic mass is 32.2. The van der Waals surface area contributed by atoms with Crippen LogP contribution in [-0.2, 0) is 16.3 Å². The van der Waals surface area contributed by atoms with Crippen molar-refractivity contribution in [1.82, 2.24) is 5.32 Å². The van der Waals surface area contributed by atoms with Crippen LogP contribution in [0.5, 0.6) is 0 Å². The van der Waals surface area contributed by atoms with E-state index in [2.05, 4.69) is 48.6 Å². The van der Waals surface area contributed by atoms with Crippen LogP contribution in [0.1, 0.15) is 16.7 Å². The molecule has 2 aromatic carbocycles. The van der Waals surface area contributed by atoms with Crippen LogP contribution in [0.3, 0.4) is 0 Å². The molecule has 0 aliphatic carbocycles. The molecule has 1 N–H and O–H groups in total. The lowest BCUT2D eigenvalue weighted by molar-refractivity contribution is -0.118. The second-order valence-electron chi connectivity index (χ2n) is 5.31. The van der Waals surface area contributed by atoms with Gasteiger partial charge in [0.25, 0.3) is 0 Å². The molecule has 0 fully saturated rings. The maximum Gasteiger partial charge on any atom is 0.230 e. The quantitative estimate of drug-likeness (QED) is 0.688. The second-order valence-corrected chi connectivity index (χ2v) is 7.40. The monoisotopic (exact) mass is 345 g/mol. The number of rotatable bonds is 9. The van der Waals surface area contributed by atoms with Gasteiger partial charge in [-0.1, -0.05) is 54.6 Å². The first-order chi connectivity index (χ1) is 11.3. The van der Waals surface area contributed by atoms with Gasteiger partial charge in [0.05, 0.1) is 5.75 Å². The number of hydrogen-bond donors (Lipinski definition) is 1. The first-order valence-electron chi connectivity index (χ1n) is 7.76. The summed E-state index contributed by atoms with van der Waals surface area (Å²) in [6, 6.07) is 18.7. The van der Waals surface area contributed by atoms with E-state index in [9.17, 15) is 4.79 Å². The van der Waals surface area contributed by atoms with Crippen molar-refractivity contribution < 1.29 is 4.79 Å². The molecule has 0 bridgehead atoms. The minimum atomic E-state index is 0.127. The SMILES string of the molecule is Cc1ccccc1CSCCNC(=O)CSCc1ccccc1. The Balaban J connectivity index is 1.52. The molecule has 0 saturated carbocycles. The average Bonchev–Trinajstić information content (AvgIpc) is 2.57. The van der Waals surface area contributed by atoms with E-state index in [0.29, 0.717) is 5.75 Å². The van der Waals surface area contributed by atoms with Crippen molar-refractivity contribution in [2.45, 2.75) is 18.4 Å². The lowest BCUT2D eigenvalue weighted by Gasteiger charge is -2.07. The molecule has 0 heterocycles. The first kappa shape index (κ1) is 18.0. The highest BCUT2D eigenvalue weighted by molar-refractivity contribution is 7.99. The van der Waals surface area contributed by atoms with Gasteiger partial charge in [-0.05, 0) is 23.6 Å². The number of amides is 1. The lowest BCUT2D eigenvalue weighted by Crippen LogP contribution is -2.27. The molecule has 2 nitrogen and oxygen atoms in total. The summed E-state index contributed by atoms with van der Waals surface area (Å²) < 4.78 is 0. The highest BCUT2D eigenvalue weighted by Crippen LogP contribution is 2.15. The third-order valence-corrected chi connectivity index (χ3v) is 5.44. The minimum absolute atomic E-state index is 0.127. The van der Waals surface area contributed by atoms with Gasteiger partial charge >= 0.3 is 0 Å². The molecular formula is C19H23NOS2. The van der Waals surface area contributed by atoms with E-state index in [-0.39, 0.29) is 5.91 Å². The molecule has 23 heavy (non-hydrogen) atoms. The Morgan fingerprint density at radius 1 is 0.957 bits per heavy atom. The van der Waals surface area contributed by atoms with Gasteiger partial charge in [0.1, 0.15) is 0 Å². The van der Waals surface area contributed by atoms with Crippen LogP contribution in [-0.4, -0.2) is 24.0 Å². The fourth-order valence-corrected chi connectivity index (χ4v) is 3.86. The van der Waals surface area contributed by atoms with Gasteiger partial charge in [0.15, 0.2) is 0 Å². The molecule has 0 spiro atoms. The van der Waals surface area contributed by atoms with E-state index >= 15 is 0 Å². The van der Waals surface area contributed by atoms with Crippen LogP contribution in [0.25, 0.3) is 0 Å². The van der Waals surface area contributed by atoms with Crippen LogP contribution in [0, 0.1) is 6.92 Å². The smallest absolute Gasteiger partial charge is 0.230 e. The van der Waals surface area contributed by atoms with Crippen LogP contribution in [0.15, 0.2) is 54.6 Å². The third kappa shape index (κ3) is 7.14. The van der Waals surface area contributed by atoms with E-state index in [1.165, 1.54) is 16.7 Å². The summed E-state index contributed by atoms with van der Waals surface area (Å²) in [4.78, 5) is 11.8. The Bertz CT molecular complexity index is 601. The largest absolute Gasteiger partial charge is 0.355 e. The molecule has 0 radical (unpaired) electrons. The summed E-state index contributed by atoms with van der Waals surface area (Å²) in [5, 5.41) is 2.99. The Morgan fingerprint density at radius 3 is 2.48 bits per heavy atom. The van der Waals surface area contributed by atoms with Crippen molar-refractivity contribution in [3.8, 4) is 0 Å². The van der Waals surface area contributed by atoms with E-state index in [1.807, 2.05) is 30.0 Å². The maximum absolute atomic E-state index is 11.8. The fourth-order valence-electron chi connectivity index (χ4n) is 2.10. The summed E-state index contributed by atoms with van der Waals surface area (Å²) in [6.07, 6.45) is 0. The van der Waals surface area contributed by atoms with Crippen molar-refractivity contribution in [2.24, 2.45) is 0 Å². The fraction of sp³-hybridized carbons (Fsp3) is 0.316. The van der Waals surface area contributed by atoms with E-state index in [1.54, 1.807) is 11.8 Å². The molecule has 0 aromatic heterocycles. The number of thioether (sulfide) groups is 2. The summed E-state index contributed by atoms with van der Waals surface area (Å²) in [5.41, 5.74) is 3.97. The zero-order valence-corrected chi connectivity index (χ0v) is 15.1. The van der Waals surface area contributed by atoms with Gasteiger partial charge in [-0.15, -0.1) is 11.8 Å². The Hall–Kier alpha value is -1.39. The maximum atomic E-state index is 11.8. The van der Waals surface area contributed by atoms with Crippen LogP contribution >= 0.6 is 23.5 Å². The zero-order valence-electron chi connectivity index (χ0n) is 13.5. The van der Waals surface area contributed by atoms with Crippen molar-refractivity contribution in [3.63, 3.8) is 0 Å². The number of carbonyl (C=O) groups excluding carboxylic acids is 1. The van der Waals surface area contributed by atoms with Crippen molar-refractivity contribution in [2.75, 3.05) is 18.1 Å². The number of carbonyl (C=O) groups is 1. The van der Waals surface area contributed by atoms with E-state index in [0.717, 1.165) is 23.8 Å². The number of benzene rings is 2. The van der Waals surface area contributed by atoms with Crippen LogP contribution < -0.4 is 5.32 Å². The third-order valence-electron chi connectivity index (χ3n) is 3.43. The van der Waals surface area contributed by atoms with E-state index < -0.39 is 0 Å². The van der Waals surface area contributed by atoms with Gasteiger partial charge in [0, 0.05) is 23.8 Å². The molecule has 0 unspecified atom stereocenters.